The fraction of sp³-hybridized carbons (Fsp3) is 0.704. The van der Waals surface area contributed by atoms with Crippen LogP contribution in [0.4, 0.5) is 0 Å². The Balaban J connectivity index is 0.00000198. The Morgan fingerprint density at radius 1 is 1.10 bits per heavy atom. The first-order valence-electron chi connectivity index (χ1n) is 12.5. The molecule has 1 aromatic carbocycles. The van der Waals surface area contributed by atoms with Crippen molar-refractivity contribution in [1.82, 2.24) is 0 Å². The summed E-state index contributed by atoms with van der Waals surface area (Å²) in [5, 5.41) is 8.97. The van der Waals surface area contributed by atoms with Gasteiger partial charge in [0.2, 0.25) is 0 Å². The van der Waals surface area contributed by atoms with E-state index in [4.69, 9.17) is 15.6 Å². The predicted molar refractivity (Wildman–Crippen MR) is 132 cm³/mol. The number of nitrogens with two attached hydrogens (primary N) is 1. The number of aryl methyl sites for hydroxylation is 1. The number of ether oxygens (including phenoxy) is 1. The summed E-state index contributed by atoms with van der Waals surface area (Å²) in [7, 11) is 0. The number of unbranched alkanes of at least 4 members (excludes halogenated alkanes) is 3. The standard InChI is InChI=1S/C23H37NO2.2C2H6/c1-2-3-4-5-8-15-26-23-13-12-19-16-20(10-11-21(19)17-23)22(18-24)9-6-7-14-25;2*1-2/h5,8,10-11,16,22-23,25H,2-4,6-7,9,12-15,17-18,24H2,1H3;2*1-2H3/b8-5-;;/t22-,23-;;/m0../s1. The van der Waals surface area contributed by atoms with Crippen molar-refractivity contribution in [3.8, 4) is 0 Å². The quantitative estimate of drug-likeness (QED) is 0.298. The van der Waals surface area contributed by atoms with Crippen molar-refractivity contribution < 1.29 is 9.84 Å². The van der Waals surface area contributed by atoms with Crippen molar-refractivity contribution in [2.24, 2.45) is 5.73 Å². The lowest BCUT2D eigenvalue weighted by molar-refractivity contribution is 0.0641. The third kappa shape index (κ3) is 11.3. The summed E-state index contributed by atoms with van der Waals surface area (Å²) < 4.78 is 6.05. The van der Waals surface area contributed by atoms with E-state index in [0.29, 0.717) is 18.6 Å². The van der Waals surface area contributed by atoms with Crippen LogP contribution in [-0.2, 0) is 17.6 Å². The maximum absolute atomic E-state index is 8.97. The van der Waals surface area contributed by atoms with Crippen molar-refractivity contribution in [2.75, 3.05) is 19.8 Å². The van der Waals surface area contributed by atoms with Gasteiger partial charge in [-0.1, -0.05) is 84.2 Å². The van der Waals surface area contributed by atoms with Crippen LogP contribution >= 0.6 is 0 Å². The number of hydrogen-bond donors (Lipinski definition) is 2. The molecule has 3 nitrogen and oxygen atoms in total. The largest absolute Gasteiger partial charge is 0.396 e. The Morgan fingerprint density at radius 3 is 2.53 bits per heavy atom. The van der Waals surface area contributed by atoms with Crippen molar-refractivity contribution in [2.45, 2.75) is 104 Å². The summed E-state index contributed by atoms with van der Waals surface area (Å²) >= 11 is 0. The predicted octanol–water partition coefficient (Wildman–Crippen LogP) is 6.56. The van der Waals surface area contributed by atoms with Gasteiger partial charge < -0.3 is 15.6 Å². The molecule has 0 spiro atoms. The van der Waals surface area contributed by atoms with E-state index in [1.165, 1.54) is 29.5 Å². The molecule has 1 aliphatic carbocycles. The summed E-state index contributed by atoms with van der Waals surface area (Å²) in [5.41, 5.74) is 10.3. The molecule has 0 radical (unpaired) electrons. The molecule has 0 fully saturated rings. The number of fused-ring (bicyclic) bond motifs is 1. The zero-order valence-electron chi connectivity index (χ0n) is 20.5. The van der Waals surface area contributed by atoms with Gasteiger partial charge in [0.1, 0.15) is 0 Å². The molecule has 3 heteroatoms. The molecule has 0 saturated carbocycles. The molecule has 0 saturated heterocycles. The van der Waals surface area contributed by atoms with Crippen molar-refractivity contribution in [3.63, 3.8) is 0 Å². The lowest BCUT2D eigenvalue weighted by atomic mass is 9.85. The second-order valence-corrected chi connectivity index (χ2v) is 7.49. The maximum atomic E-state index is 8.97. The first kappa shape index (κ1) is 28.8. The first-order valence-corrected chi connectivity index (χ1v) is 12.5. The Hall–Kier alpha value is -1.16. The lowest BCUT2D eigenvalue weighted by Gasteiger charge is -2.26. The normalized spacial score (nSPS) is 16.2. The Morgan fingerprint density at radius 2 is 1.87 bits per heavy atom. The van der Waals surface area contributed by atoms with Crippen LogP contribution in [0.15, 0.2) is 30.4 Å². The van der Waals surface area contributed by atoms with Gasteiger partial charge in [-0.25, -0.2) is 0 Å². The van der Waals surface area contributed by atoms with Crippen LogP contribution in [0.2, 0.25) is 0 Å². The molecule has 0 amide bonds. The average molecular weight is 420 g/mol. The second kappa shape index (κ2) is 19.8. The van der Waals surface area contributed by atoms with E-state index in [0.717, 1.165) is 51.6 Å². The highest BCUT2D eigenvalue weighted by Crippen LogP contribution is 2.28. The van der Waals surface area contributed by atoms with Crippen LogP contribution in [0.5, 0.6) is 0 Å². The van der Waals surface area contributed by atoms with Crippen LogP contribution in [0, 0.1) is 0 Å². The summed E-state index contributed by atoms with van der Waals surface area (Å²) in [6, 6.07) is 6.90. The van der Waals surface area contributed by atoms with E-state index in [9.17, 15) is 0 Å². The van der Waals surface area contributed by atoms with Crippen molar-refractivity contribution >= 4 is 0 Å². The number of allylic oxidation sites excluding steroid dienone is 1. The Kier molecular flexibility index (Phi) is 19.0. The number of aliphatic hydroxyl groups excluding tert-OH is 1. The van der Waals surface area contributed by atoms with Crippen LogP contribution in [-0.4, -0.2) is 31.0 Å². The van der Waals surface area contributed by atoms with Crippen LogP contribution in [0.3, 0.4) is 0 Å². The topological polar surface area (TPSA) is 55.5 Å². The number of benzene rings is 1. The molecule has 0 unspecified atom stereocenters. The van der Waals surface area contributed by atoms with E-state index >= 15 is 0 Å². The number of hydrogen-bond acceptors (Lipinski definition) is 3. The van der Waals surface area contributed by atoms with Gasteiger partial charge in [-0.05, 0) is 67.7 Å². The molecule has 0 aliphatic heterocycles. The molecule has 1 aromatic rings. The van der Waals surface area contributed by atoms with E-state index < -0.39 is 0 Å². The Labute approximate surface area is 187 Å². The minimum atomic E-state index is 0.274. The van der Waals surface area contributed by atoms with Crippen LogP contribution in [0.1, 0.15) is 102 Å². The van der Waals surface area contributed by atoms with Gasteiger partial charge in [0.15, 0.2) is 0 Å². The van der Waals surface area contributed by atoms with Gasteiger partial charge in [-0.2, -0.15) is 0 Å². The summed E-state index contributed by atoms with van der Waals surface area (Å²) in [5.74, 6) is 0.411. The molecule has 0 bridgehead atoms. The zero-order valence-corrected chi connectivity index (χ0v) is 20.5. The molecule has 0 heterocycles. The maximum Gasteiger partial charge on any atom is 0.0651 e. The van der Waals surface area contributed by atoms with Gasteiger partial charge >= 0.3 is 0 Å². The van der Waals surface area contributed by atoms with Gasteiger partial charge in [0.05, 0.1) is 12.7 Å². The molecule has 2 atom stereocenters. The molecular formula is C27H49NO2. The summed E-state index contributed by atoms with van der Waals surface area (Å²) in [6.45, 7) is 11.9. The SMILES string of the molecule is CC.CC.CCCC/C=C\CO[C@H]1CCc2cc([C@H](CN)CCCCO)ccc2C1. The van der Waals surface area contributed by atoms with Crippen LogP contribution in [0.25, 0.3) is 0 Å². The van der Waals surface area contributed by atoms with Gasteiger partial charge in [0.25, 0.3) is 0 Å². The van der Waals surface area contributed by atoms with E-state index in [1.54, 1.807) is 0 Å². The highest BCUT2D eigenvalue weighted by atomic mass is 16.5. The first-order chi connectivity index (χ1) is 14.8. The number of rotatable bonds is 12. The third-order valence-electron chi connectivity index (χ3n) is 5.45. The van der Waals surface area contributed by atoms with E-state index in [1.807, 2.05) is 27.7 Å². The fourth-order valence-electron chi connectivity index (χ4n) is 3.76. The van der Waals surface area contributed by atoms with E-state index in [2.05, 4.69) is 37.3 Å². The Bertz CT molecular complexity index is 542. The molecule has 1 aliphatic rings. The molecule has 30 heavy (non-hydrogen) atoms. The average Bonchev–Trinajstić information content (AvgIpc) is 2.81. The minimum absolute atomic E-state index is 0.274. The summed E-state index contributed by atoms with van der Waals surface area (Å²) in [4.78, 5) is 0. The molecular weight excluding hydrogens is 370 g/mol. The minimum Gasteiger partial charge on any atom is -0.396 e. The van der Waals surface area contributed by atoms with Gasteiger partial charge in [-0.15, -0.1) is 0 Å². The van der Waals surface area contributed by atoms with Crippen molar-refractivity contribution in [1.29, 1.82) is 0 Å². The van der Waals surface area contributed by atoms with Gasteiger partial charge in [0, 0.05) is 6.61 Å². The highest BCUT2D eigenvalue weighted by Gasteiger charge is 2.20. The summed E-state index contributed by atoms with van der Waals surface area (Å²) in [6.07, 6.45) is 14.6. The molecule has 174 valence electrons. The molecule has 2 rings (SSSR count). The van der Waals surface area contributed by atoms with E-state index in [-0.39, 0.29) is 6.61 Å². The monoisotopic (exact) mass is 419 g/mol. The van der Waals surface area contributed by atoms with Crippen molar-refractivity contribution in [3.05, 3.63) is 47.0 Å². The fourth-order valence-corrected chi connectivity index (χ4v) is 3.76. The second-order valence-electron chi connectivity index (χ2n) is 7.49. The zero-order chi connectivity index (χ0) is 22.6. The smallest absolute Gasteiger partial charge is 0.0651 e. The van der Waals surface area contributed by atoms with Crippen LogP contribution < -0.4 is 5.73 Å². The number of aliphatic hydroxyl groups is 1. The third-order valence-corrected chi connectivity index (χ3v) is 5.45. The molecule has 0 aromatic heterocycles. The molecule has 3 N–H and O–H groups in total. The van der Waals surface area contributed by atoms with Gasteiger partial charge in [-0.3, -0.25) is 0 Å². The lowest BCUT2D eigenvalue weighted by Crippen LogP contribution is -2.23. The highest BCUT2D eigenvalue weighted by molar-refractivity contribution is 5.36.